The second-order valence-corrected chi connectivity index (χ2v) is 6.92. The first-order valence-electron chi connectivity index (χ1n) is 9.10. The third kappa shape index (κ3) is 3.84. The number of aromatic nitrogens is 3. The Labute approximate surface area is 167 Å². The van der Waals surface area contributed by atoms with Crippen molar-refractivity contribution in [3.8, 4) is 0 Å². The van der Waals surface area contributed by atoms with E-state index in [1.165, 1.54) is 18.3 Å². The van der Waals surface area contributed by atoms with Gasteiger partial charge in [-0.15, -0.1) is 0 Å². The number of hydrogen-bond acceptors (Lipinski definition) is 5. The van der Waals surface area contributed by atoms with Crippen molar-refractivity contribution in [2.75, 3.05) is 31.1 Å². The van der Waals surface area contributed by atoms with E-state index in [1.807, 2.05) is 14.8 Å². The largest absolute Gasteiger partial charge is 0.438 e. The van der Waals surface area contributed by atoms with E-state index in [-0.39, 0.29) is 23.1 Å². The highest BCUT2D eigenvalue weighted by Gasteiger charge is 2.36. The second-order valence-electron chi connectivity index (χ2n) is 6.92. The molecule has 30 heavy (non-hydrogen) atoms. The van der Waals surface area contributed by atoms with Crippen LogP contribution in [0.1, 0.15) is 11.3 Å². The van der Waals surface area contributed by atoms with Gasteiger partial charge in [0.15, 0.2) is 5.82 Å². The summed E-state index contributed by atoms with van der Waals surface area (Å²) < 4.78 is 67.2. The maximum atomic E-state index is 14.8. The number of piperazine rings is 1. The molecule has 158 valence electrons. The summed E-state index contributed by atoms with van der Waals surface area (Å²) in [5.74, 6) is -1.37. The van der Waals surface area contributed by atoms with Crippen LogP contribution in [0.25, 0.3) is 11.0 Å². The molecule has 0 radical (unpaired) electrons. The van der Waals surface area contributed by atoms with E-state index < -0.39 is 29.2 Å². The predicted molar refractivity (Wildman–Crippen MR) is 99.0 cm³/mol. The molecule has 6 nitrogen and oxygen atoms in total. The zero-order chi connectivity index (χ0) is 21.5. The van der Waals surface area contributed by atoms with Crippen LogP contribution < -0.4 is 10.5 Å². The van der Waals surface area contributed by atoms with E-state index in [4.69, 9.17) is 0 Å². The first kappa shape index (κ1) is 20.2. The number of benzene rings is 1. The molecule has 2 aromatic heterocycles. The highest BCUT2D eigenvalue weighted by atomic mass is 19.4. The van der Waals surface area contributed by atoms with Crippen molar-refractivity contribution in [1.82, 2.24) is 19.9 Å². The molecule has 1 aromatic carbocycles. The molecule has 4 rings (SSSR count). The molecule has 1 aliphatic rings. The Morgan fingerprint density at radius 2 is 1.80 bits per heavy atom. The van der Waals surface area contributed by atoms with Gasteiger partial charge in [-0.1, -0.05) is 6.07 Å². The topological polar surface area (TPSA) is 65.1 Å². The SMILES string of the molecule is O=c1[nH]c2c(F)c(CN3CCN(c4cccnc4F)CC3)ccc2nc1C(F)(F)F. The summed E-state index contributed by atoms with van der Waals surface area (Å²) in [6.45, 7) is 2.24. The zero-order valence-electron chi connectivity index (χ0n) is 15.5. The molecular formula is C19H16F5N5O. The van der Waals surface area contributed by atoms with Gasteiger partial charge in [-0.2, -0.15) is 17.6 Å². The van der Waals surface area contributed by atoms with Crippen LogP contribution >= 0.6 is 0 Å². The fourth-order valence-electron chi connectivity index (χ4n) is 3.48. The molecule has 0 bridgehead atoms. The molecule has 0 spiro atoms. The smallest absolute Gasteiger partial charge is 0.365 e. The van der Waals surface area contributed by atoms with E-state index in [9.17, 15) is 26.7 Å². The molecule has 1 fully saturated rings. The molecule has 3 aromatic rings. The van der Waals surface area contributed by atoms with Gasteiger partial charge in [-0.3, -0.25) is 9.69 Å². The van der Waals surface area contributed by atoms with Crippen molar-refractivity contribution in [3.05, 3.63) is 63.8 Å². The number of nitrogens with one attached hydrogen (secondary N) is 1. The average molecular weight is 425 g/mol. The van der Waals surface area contributed by atoms with Crippen LogP contribution in [0, 0.1) is 11.8 Å². The first-order valence-corrected chi connectivity index (χ1v) is 9.10. The van der Waals surface area contributed by atoms with Gasteiger partial charge < -0.3 is 9.88 Å². The summed E-state index contributed by atoms with van der Waals surface area (Å²) in [6, 6.07) is 5.89. The Kier molecular flexibility index (Phi) is 5.14. The summed E-state index contributed by atoms with van der Waals surface area (Å²) in [7, 11) is 0. The Bertz CT molecular complexity index is 1140. The fraction of sp³-hybridized carbons (Fsp3) is 0.316. The number of nitrogens with zero attached hydrogens (tertiary/aromatic N) is 4. The van der Waals surface area contributed by atoms with Gasteiger partial charge in [-0.25, -0.2) is 14.4 Å². The normalized spacial score (nSPS) is 15.7. The maximum absolute atomic E-state index is 14.8. The van der Waals surface area contributed by atoms with Gasteiger partial charge >= 0.3 is 6.18 Å². The minimum Gasteiger partial charge on any atom is -0.365 e. The summed E-state index contributed by atoms with van der Waals surface area (Å²) in [5, 5.41) is 0. The van der Waals surface area contributed by atoms with Crippen molar-refractivity contribution >= 4 is 16.7 Å². The molecule has 0 amide bonds. The molecule has 11 heteroatoms. The summed E-state index contributed by atoms with van der Waals surface area (Å²) in [5.41, 5.74) is -3.11. The lowest BCUT2D eigenvalue weighted by atomic mass is 10.1. The monoisotopic (exact) mass is 425 g/mol. The first-order chi connectivity index (χ1) is 14.2. The summed E-state index contributed by atoms with van der Waals surface area (Å²) in [6.07, 6.45) is -3.56. The number of H-pyrrole nitrogens is 1. The van der Waals surface area contributed by atoms with Crippen molar-refractivity contribution in [1.29, 1.82) is 0 Å². The Balaban J connectivity index is 1.52. The van der Waals surface area contributed by atoms with E-state index >= 15 is 0 Å². The molecule has 0 aliphatic carbocycles. The lowest BCUT2D eigenvalue weighted by molar-refractivity contribution is -0.142. The summed E-state index contributed by atoms with van der Waals surface area (Å²) >= 11 is 0. The number of hydrogen-bond donors (Lipinski definition) is 1. The molecule has 0 atom stereocenters. The minimum atomic E-state index is -4.93. The van der Waals surface area contributed by atoms with Crippen LogP contribution in [0.2, 0.25) is 0 Å². The van der Waals surface area contributed by atoms with Gasteiger partial charge in [0.05, 0.1) is 11.2 Å². The number of alkyl halides is 3. The van der Waals surface area contributed by atoms with Gasteiger partial charge in [-0.05, 0) is 18.2 Å². The quantitative estimate of drug-likeness (QED) is 0.517. The molecule has 0 saturated carbocycles. The van der Waals surface area contributed by atoms with Crippen LogP contribution in [0.3, 0.4) is 0 Å². The van der Waals surface area contributed by atoms with E-state index in [0.29, 0.717) is 31.9 Å². The van der Waals surface area contributed by atoms with Crippen LogP contribution in [0.5, 0.6) is 0 Å². The lowest BCUT2D eigenvalue weighted by Gasteiger charge is -2.36. The van der Waals surface area contributed by atoms with Gasteiger partial charge in [0, 0.05) is 44.5 Å². The molecule has 0 unspecified atom stereocenters. The van der Waals surface area contributed by atoms with Crippen LogP contribution in [-0.2, 0) is 12.7 Å². The third-order valence-electron chi connectivity index (χ3n) is 5.00. The average Bonchev–Trinajstić information content (AvgIpc) is 2.70. The zero-order valence-corrected chi connectivity index (χ0v) is 15.5. The van der Waals surface area contributed by atoms with Crippen molar-refractivity contribution in [2.45, 2.75) is 12.7 Å². The van der Waals surface area contributed by atoms with Crippen LogP contribution in [0.4, 0.5) is 27.6 Å². The standard InChI is InChI=1S/C19H16F5N5O/c20-14-11(3-4-12-15(14)27-18(30)16(26-12)19(22,23)24)10-28-6-8-29(9-7-28)13-2-1-5-25-17(13)21/h1-5H,6-10H2,(H,27,30). The van der Waals surface area contributed by atoms with Crippen LogP contribution in [-0.4, -0.2) is 46.0 Å². The lowest BCUT2D eigenvalue weighted by Crippen LogP contribution is -2.46. The molecule has 3 heterocycles. The van der Waals surface area contributed by atoms with Crippen molar-refractivity contribution < 1.29 is 22.0 Å². The number of anilines is 1. The molecular weight excluding hydrogens is 409 g/mol. The Morgan fingerprint density at radius 3 is 2.47 bits per heavy atom. The van der Waals surface area contributed by atoms with Gasteiger partial charge in [0.25, 0.3) is 5.56 Å². The molecule has 1 saturated heterocycles. The van der Waals surface area contributed by atoms with Gasteiger partial charge in [0.2, 0.25) is 11.6 Å². The van der Waals surface area contributed by atoms with Crippen LogP contribution in [0.15, 0.2) is 35.3 Å². The molecule has 1 aliphatic heterocycles. The Hall–Kier alpha value is -3.08. The number of fused-ring (bicyclic) bond motifs is 1. The fourth-order valence-corrected chi connectivity index (χ4v) is 3.48. The number of aromatic amines is 1. The number of halogens is 5. The maximum Gasteiger partial charge on any atom is 0.438 e. The number of rotatable bonds is 3. The van der Waals surface area contributed by atoms with Crippen molar-refractivity contribution in [3.63, 3.8) is 0 Å². The minimum absolute atomic E-state index is 0.189. The highest BCUT2D eigenvalue weighted by molar-refractivity contribution is 5.75. The highest BCUT2D eigenvalue weighted by Crippen LogP contribution is 2.27. The van der Waals surface area contributed by atoms with E-state index in [2.05, 4.69) is 9.97 Å². The second kappa shape index (κ2) is 7.63. The predicted octanol–water partition coefficient (Wildman–Crippen LogP) is 2.94. The third-order valence-corrected chi connectivity index (χ3v) is 5.00. The Morgan fingerprint density at radius 1 is 1.07 bits per heavy atom. The summed E-state index contributed by atoms with van der Waals surface area (Å²) in [4.78, 5) is 24.3. The van der Waals surface area contributed by atoms with E-state index in [0.717, 1.165) is 0 Å². The molecule has 1 N–H and O–H groups in total. The van der Waals surface area contributed by atoms with Gasteiger partial charge in [0.1, 0.15) is 5.52 Å². The van der Waals surface area contributed by atoms with Crippen molar-refractivity contribution in [2.24, 2.45) is 0 Å². The number of pyridine rings is 1. The van der Waals surface area contributed by atoms with E-state index in [1.54, 1.807) is 12.1 Å².